The van der Waals surface area contributed by atoms with Gasteiger partial charge in [-0.05, 0) is 29.8 Å². The van der Waals surface area contributed by atoms with E-state index in [0.717, 1.165) is 10.5 Å². The minimum absolute atomic E-state index is 0.00815. The summed E-state index contributed by atoms with van der Waals surface area (Å²) in [5.74, 6) is 0.358. The van der Waals surface area contributed by atoms with E-state index in [9.17, 15) is 25.2 Å². The molecule has 3 unspecified atom stereocenters. The lowest BCUT2D eigenvalue weighted by Crippen LogP contribution is -2.60. The van der Waals surface area contributed by atoms with Gasteiger partial charge in [0.2, 0.25) is 6.29 Å². The van der Waals surface area contributed by atoms with Gasteiger partial charge in [0, 0.05) is 11.3 Å². The molecule has 1 saturated heterocycles. The first kappa shape index (κ1) is 20.8. The van der Waals surface area contributed by atoms with Crippen LogP contribution in [0.1, 0.15) is 5.56 Å². The summed E-state index contributed by atoms with van der Waals surface area (Å²) in [7, 11) is 0. The number of thioether (sulfide) groups is 1. The van der Waals surface area contributed by atoms with Gasteiger partial charge in [-0.3, -0.25) is 4.79 Å². The van der Waals surface area contributed by atoms with E-state index in [0.29, 0.717) is 5.75 Å². The molecule has 3 rings (SSSR count). The minimum Gasteiger partial charge on any atom is -0.462 e. The number of aliphatic hydroxyl groups is 4. The van der Waals surface area contributed by atoms with Crippen molar-refractivity contribution in [1.29, 1.82) is 0 Å². The first-order valence-corrected chi connectivity index (χ1v) is 9.61. The van der Waals surface area contributed by atoms with Crippen molar-refractivity contribution < 1.29 is 34.7 Å². The van der Waals surface area contributed by atoms with E-state index < -0.39 is 37.3 Å². The zero-order valence-electron chi connectivity index (χ0n) is 14.9. The Hall–Kier alpha value is -1.94. The predicted octanol–water partition coefficient (Wildman–Crippen LogP) is 0.727. The molecule has 0 aliphatic carbocycles. The van der Waals surface area contributed by atoms with Crippen molar-refractivity contribution in [1.82, 2.24) is 0 Å². The van der Waals surface area contributed by atoms with E-state index in [1.54, 1.807) is 24.3 Å². The summed E-state index contributed by atoms with van der Waals surface area (Å²) in [5, 5.41) is 38.8. The molecule has 0 spiro atoms. The van der Waals surface area contributed by atoms with Crippen molar-refractivity contribution in [3.05, 3.63) is 60.2 Å². The van der Waals surface area contributed by atoms with Crippen LogP contribution in [0.3, 0.4) is 0 Å². The molecule has 8 heteroatoms. The van der Waals surface area contributed by atoms with E-state index in [1.165, 1.54) is 11.8 Å². The van der Waals surface area contributed by atoms with E-state index in [2.05, 4.69) is 0 Å². The molecule has 150 valence electrons. The number of aliphatic hydroxyl groups excluding tert-OH is 4. The van der Waals surface area contributed by atoms with Crippen LogP contribution in [-0.2, 0) is 16.0 Å². The topological polar surface area (TPSA) is 116 Å². The van der Waals surface area contributed by atoms with Crippen LogP contribution in [0.5, 0.6) is 5.75 Å². The molecule has 1 heterocycles. The molecule has 1 aliphatic rings. The average molecular weight is 406 g/mol. The molecule has 0 amide bonds. The third kappa shape index (κ3) is 5.11. The lowest BCUT2D eigenvalue weighted by Gasteiger charge is -2.39. The van der Waals surface area contributed by atoms with Crippen LogP contribution in [0, 0.1) is 0 Å². The predicted molar refractivity (Wildman–Crippen MR) is 102 cm³/mol. The Balaban J connectivity index is 1.57. The highest BCUT2D eigenvalue weighted by molar-refractivity contribution is 8.13. The molecule has 4 N–H and O–H groups in total. The Morgan fingerprint density at radius 3 is 2.29 bits per heavy atom. The molecule has 7 nitrogen and oxygen atoms in total. The third-order valence-electron chi connectivity index (χ3n) is 4.35. The Labute approximate surface area is 166 Å². The largest absolute Gasteiger partial charge is 0.462 e. The Morgan fingerprint density at radius 1 is 0.964 bits per heavy atom. The molecule has 5 atom stereocenters. The maximum absolute atomic E-state index is 12.2. The van der Waals surface area contributed by atoms with Crippen LogP contribution in [0.15, 0.2) is 59.5 Å². The lowest BCUT2D eigenvalue weighted by molar-refractivity contribution is -0.277. The van der Waals surface area contributed by atoms with Gasteiger partial charge in [-0.2, -0.15) is 0 Å². The molecular weight excluding hydrogens is 384 g/mol. The molecule has 2 aromatic carbocycles. The highest BCUT2D eigenvalue weighted by atomic mass is 32.2. The zero-order chi connectivity index (χ0) is 20.1. The molecule has 0 saturated carbocycles. The summed E-state index contributed by atoms with van der Waals surface area (Å²) in [4.78, 5) is 13.1. The van der Waals surface area contributed by atoms with Crippen LogP contribution in [0.2, 0.25) is 0 Å². The monoisotopic (exact) mass is 406 g/mol. The van der Waals surface area contributed by atoms with Crippen LogP contribution >= 0.6 is 11.8 Å². The van der Waals surface area contributed by atoms with Crippen molar-refractivity contribution in [3.8, 4) is 5.75 Å². The third-order valence-corrected chi connectivity index (χ3v) is 5.23. The van der Waals surface area contributed by atoms with Gasteiger partial charge in [-0.15, -0.1) is 0 Å². The van der Waals surface area contributed by atoms with Crippen LogP contribution in [0.25, 0.3) is 0 Å². The van der Waals surface area contributed by atoms with Crippen molar-refractivity contribution in [2.75, 3.05) is 6.61 Å². The average Bonchev–Trinajstić information content (AvgIpc) is 2.70. The van der Waals surface area contributed by atoms with Crippen molar-refractivity contribution in [3.63, 3.8) is 0 Å². The Morgan fingerprint density at radius 2 is 1.64 bits per heavy atom. The van der Waals surface area contributed by atoms with Gasteiger partial charge in [0.15, 0.2) is 5.12 Å². The number of benzene rings is 2. The van der Waals surface area contributed by atoms with E-state index in [4.69, 9.17) is 9.47 Å². The molecule has 1 fully saturated rings. The summed E-state index contributed by atoms with van der Waals surface area (Å²) in [6.45, 7) is -0.523. The summed E-state index contributed by atoms with van der Waals surface area (Å²) in [6.07, 6.45) is -6.42. The highest BCUT2D eigenvalue weighted by Gasteiger charge is 2.44. The molecular formula is C20H22O7S. The van der Waals surface area contributed by atoms with Crippen molar-refractivity contribution >= 4 is 16.9 Å². The maximum Gasteiger partial charge on any atom is 0.229 e. The quantitative estimate of drug-likeness (QED) is 0.519. The maximum atomic E-state index is 12.2. The molecule has 0 bridgehead atoms. The van der Waals surface area contributed by atoms with Gasteiger partial charge in [-0.25, -0.2) is 0 Å². The Kier molecular flexibility index (Phi) is 7.06. The normalized spacial score (nSPS) is 27.4. The standard InChI is InChI=1S/C20H22O7S/c21-11-15-17(23)18(24)19(25)20(27-15)26-13-8-6-12(7-9-13)10-16(22)28-14-4-2-1-3-5-14/h1-9,15,17-21,23-25H,10-11H2/t15?,17-,18?,19?,20+/m1/s1. The second-order valence-electron chi connectivity index (χ2n) is 6.42. The molecule has 0 aromatic heterocycles. The number of rotatable bonds is 6. The van der Waals surface area contributed by atoms with Crippen LogP contribution in [0.4, 0.5) is 0 Å². The van der Waals surface area contributed by atoms with Crippen LogP contribution in [-0.4, -0.2) is 62.9 Å². The van der Waals surface area contributed by atoms with Gasteiger partial charge >= 0.3 is 0 Å². The molecule has 0 radical (unpaired) electrons. The van der Waals surface area contributed by atoms with Gasteiger partial charge in [0.25, 0.3) is 0 Å². The van der Waals surface area contributed by atoms with Gasteiger partial charge in [0.1, 0.15) is 30.2 Å². The summed E-state index contributed by atoms with van der Waals surface area (Å²) < 4.78 is 10.8. The second kappa shape index (κ2) is 9.51. The fraction of sp³-hybridized carbons (Fsp3) is 0.350. The zero-order valence-corrected chi connectivity index (χ0v) is 15.7. The van der Waals surface area contributed by atoms with E-state index in [-0.39, 0.29) is 11.5 Å². The first-order valence-electron chi connectivity index (χ1n) is 8.80. The van der Waals surface area contributed by atoms with Crippen LogP contribution < -0.4 is 4.74 Å². The number of ether oxygens (including phenoxy) is 2. The lowest BCUT2D eigenvalue weighted by atomic mass is 9.99. The minimum atomic E-state index is -1.50. The smallest absolute Gasteiger partial charge is 0.229 e. The fourth-order valence-corrected chi connectivity index (χ4v) is 3.60. The molecule has 1 aliphatic heterocycles. The molecule has 2 aromatic rings. The van der Waals surface area contributed by atoms with Gasteiger partial charge in [-0.1, -0.05) is 42.1 Å². The Bertz CT molecular complexity index is 766. The number of hydrogen-bond acceptors (Lipinski definition) is 8. The summed E-state index contributed by atoms with van der Waals surface area (Å²) in [5.41, 5.74) is 0.801. The second-order valence-corrected chi connectivity index (χ2v) is 7.55. The molecule has 28 heavy (non-hydrogen) atoms. The fourth-order valence-electron chi connectivity index (χ4n) is 2.81. The van der Waals surface area contributed by atoms with E-state index in [1.807, 2.05) is 30.3 Å². The van der Waals surface area contributed by atoms with E-state index >= 15 is 0 Å². The summed E-state index contributed by atoms with van der Waals surface area (Å²) >= 11 is 1.18. The number of hydrogen-bond donors (Lipinski definition) is 4. The summed E-state index contributed by atoms with van der Waals surface area (Å²) in [6, 6.07) is 16.1. The first-order chi connectivity index (χ1) is 13.5. The van der Waals surface area contributed by atoms with Crippen molar-refractivity contribution in [2.24, 2.45) is 0 Å². The highest BCUT2D eigenvalue weighted by Crippen LogP contribution is 2.25. The number of carbonyl (C=O) groups excluding carboxylic acids is 1. The SMILES string of the molecule is O=C(Cc1ccc(O[C@H]2OC(CO)[C@@H](O)C(O)C2O)cc1)Sc1ccccc1. The van der Waals surface area contributed by atoms with Gasteiger partial charge < -0.3 is 29.9 Å². The van der Waals surface area contributed by atoms with Crippen molar-refractivity contribution in [2.45, 2.75) is 42.0 Å². The van der Waals surface area contributed by atoms with Gasteiger partial charge in [0.05, 0.1) is 6.61 Å². The number of carbonyl (C=O) groups is 1.